The Morgan fingerprint density at radius 3 is 2.28 bits per heavy atom. The molecule has 1 amide bonds. The van der Waals surface area contributed by atoms with Gasteiger partial charge in [0.25, 0.3) is 0 Å². The summed E-state index contributed by atoms with van der Waals surface area (Å²) in [6.45, 7) is 6.24. The van der Waals surface area contributed by atoms with Gasteiger partial charge < -0.3 is 14.8 Å². The maximum Gasteiger partial charge on any atom is 0.325 e. The summed E-state index contributed by atoms with van der Waals surface area (Å²) in [5.41, 5.74) is -0.819. The van der Waals surface area contributed by atoms with Gasteiger partial charge in [0.05, 0.1) is 17.9 Å². The number of sulfonamides is 1. The molecular formula is C22H28N2O7S. The highest BCUT2D eigenvalue weighted by atomic mass is 32.2. The molecule has 2 rings (SSSR count). The standard InChI is InChI=1S/C22H28N2O7S/c1-5-30-20(26)14-23-21(27)18(13-19(25)31-22(2,3)4)24-32(28,29)17-11-10-15-8-6-7-9-16(15)12-17/h6-12,18,24H,5,13-14H2,1-4H3,(H,23,27)/t18-/m0/s1. The number of esters is 2. The smallest absolute Gasteiger partial charge is 0.325 e. The highest BCUT2D eigenvalue weighted by Crippen LogP contribution is 2.19. The number of carbonyl (C=O) groups is 3. The van der Waals surface area contributed by atoms with Gasteiger partial charge in [0.2, 0.25) is 15.9 Å². The molecule has 0 aliphatic carbocycles. The fraction of sp³-hybridized carbons (Fsp3) is 0.409. The van der Waals surface area contributed by atoms with Crippen LogP contribution in [0.25, 0.3) is 10.8 Å². The molecular weight excluding hydrogens is 436 g/mol. The van der Waals surface area contributed by atoms with Crippen LogP contribution in [0.1, 0.15) is 34.1 Å². The van der Waals surface area contributed by atoms with Gasteiger partial charge in [0, 0.05) is 0 Å². The molecule has 1 atom stereocenters. The van der Waals surface area contributed by atoms with E-state index in [1.54, 1.807) is 45.9 Å². The van der Waals surface area contributed by atoms with Crippen LogP contribution < -0.4 is 10.0 Å². The molecule has 0 saturated carbocycles. The van der Waals surface area contributed by atoms with Crippen molar-refractivity contribution in [3.8, 4) is 0 Å². The number of amides is 1. The minimum atomic E-state index is -4.17. The van der Waals surface area contributed by atoms with Crippen molar-refractivity contribution in [1.29, 1.82) is 0 Å². The summed E-state index contributed by atoms with van der Waals surface area (Å²) in [5.74, 6) is -2.31. The van der Waals surface area contributed by atoms with Gasteiger partial charge in [0.15, 0.2) is 0 Å². The second kappa shape index (κ2) is 10.6. The fourth-order valence-electron chi connectivity index (χ4n) is 2.82. The third-order valence-electron chi connectivity index (χ3n) is 4.15. The predicted molar refractivity (Wildman–Crippen MR) is 118 cm³/mol. The molecule has 32 heavy (non-hydrogen) atoms. The normalized spacial score (nSPS) is 12.8. The summed E-state index contributed by atoms with van der Waals surface area (Å²) in [6.07, 6.45) is -0.557. The number of fused-ring (bicyclic) bond motifs is 1. The molecule has 0 fully saturated rings. The first-order chi connectivity index (χ1) is 14.9. The van der Waals surface area contributed by atoms with Gasteiger partial charge in [-0.25, -0.2) is 8.42 Å². The summed E-state index contributed by atoms with van der Waals surface area (Å²) >= 11 is 0. The molecule has 0 spiro atoms. The Hall–Kier alpha value is -2.98. The number of ether oxygens (including phenoxy) is 2. The largest absolute Gasteiger partial charge is 0.465 e. The van der Waals surface area contributed by atoms with Gasteiger partial charge >= 0.3 is 11.9 Å². The van der Waals surface area contributed by atoms with E-state index in [2.05, 4.69) is 10.0 Å². The molecule has 2 aromatic rings. The lowest BCUT2D eigenvalue weighted by atomic mass is 10.1. The molecule has 174 valence electrons. The molecule has 10 heteroatoms. The van der Waals surface area contributed by atoms with E-state index in [1.807, 2.05) is 12.1 Å². The quantitative estimate of drug-likeness (QED) is 0.543. The molecule has 0 saturated heterocycles. The van der Waals surface area contributed by atoms with Crippen LogP contribution in [-0.4, -0.2) is 51.1 Å². The number of nitrogens with one attached hydrogen (secondary N) is 2. The Balaban J connectivity index is 2.24. The van der Waals surface area contributed by atoms with E-state index >= 15 is 0 Å². The van der Waals surface area contributed by atoms with Crippen molar-refractivity contribution in [3.63, 3.8) is 0 Å². The molecule has 9 nitrogen and oxygen atoms in total. The van der Waals surface area contributed by atoms with Crippen LogP contribution in [0.15, 0.2) is 47.4 Å². The fourth-order valence-corrected chi connectivity index (χ4v) is 4.05. The Labute approximate surface area is 187 Å². The van der Waals surface area contributed by atoms with Gasteiger partial charge in [0.1, 0.15) is 18.2 Å². The number of benzene rings is 2. The lowest BCUT2D eigenvalue weighted by molar-refractivity contribution is -0.156. The van der Waals surface area contributed by atoms with Gasteiger partial charge in [-0.3, -0.25) is 14.4 Å². The molecule has 0 heterocycles. The topological polar surface area (TPSA) is 128 Å². The van der Waals surface area contributed by atoms with Crippen LogP contribution in [0.2, 0.25) is 0 Å². The van der Waals surface area contributed by atoms with E-state index in [9.17, 15) is 22.8 Å². The molecule has 2 aromatic carbocycles. The minimum Gasteiger partial charge on any atom is -0.465 e. The van der Waals surface area contributed by atoms with Crippen LogP contribution >= 0.6 is 0 Å². The first kappa shape index (κ1) is 25.3. The zero-order chi connectivity index (χ0) is 23.9. The number of rotatable bonds is 9. The van der Waals surface area contributed by atoms with Crippen molar-refractivity contribution in [2.45, 2.75) is 50.7 Å². The molecule has 0 aliphatic heterocycles. The summed E-state index contributed by atoms with van der Waals surface area (Å²) in [5, 5.41) is 3.84. The van der Waals surface area contributed by atoms with E-state index in [-0.39, 0.29) is 11.5 Å². The second-order valence-electron chi connectivity index (χ2n) is 8.00. The van der Waals surface area contributed by atoms with Crippen LogP contribution in [-0.2, 0) is 33.9 Å². The lowest BCUT2D eigenvalue weighted by Crippen LogP contribution is -2.49. The van der Waals surface area contributed by atoms with Gasteiger partial charge in [-0.2, -0.15) is 4.72 Å². The van der Waals surface area contributed by atoms with E-state index in [1.165, 1.54) is 12.1 Å². The third kappa shape index (κ3) is 7.61. The lowest BCUT2D eigenvalue weighted by Gasteiger charge is -2.22. The van der Waals surface area contributed by atoms with Crippen LogP contribution in [0.4, 0.5) is 0 Å². The molecule has 0 aliphatic rings. The van der Waals surface area contributed by atoms with Crippen molar-refractivity contribution in [2.24, 2.45) is 0 Å². The SMILES string of the molecule is CCOC(=O)CNC(=O)[C@H](CC(=O)OC(C)(C)C)NS(=O)(=O)c1ccc2ccccc2c1. The highest BCUT2D eigenvalue weighted by molar-refractivity contribution is 7.89. The van der Waals surface area contributed by atoms with Crippen molar-refractivity contribution in [3.05, 3.63) is 42.5 Å². The first-order valence-corrected chi connectivity index (χ1v) is 11.6. The summed E-state index contributed by atoms with van der Waals surface area (Å²) in [6, 6.07) is 10.2. The summed E-state index contributed by atoms with van der Waals surface area (Å²) in [7, 11) is -4.17. The zero-order valence-corrected chi connectivity index (χ0v) is 19.3. The predicted octanol–water partition coefficient (Wildman–Crippen LogP) is 1.90. The van der Waals surface area contributed by atoms with Crippen LogP contribution in [0.3, 0.4) is 0 Å². The Morgan fingerprint density at radius 1 is 1.00 bits per heavy atom. The Bertz CT molecular complexity index is 1090. The molecule has 2 N–H and O–H groups in total. The van der Waals surface area contributed by atoms with Crippen molar-refractivity contribution in [2.75, 3.05) is 13.2 Å². The van der Waals surface area contributed by atoms with E-state index in [0.29, 0.717) is 5.39 Å². The first-order valence-electron chi connectivity index (χ1n) is 10.1. The van der Waals surface area contributed by atoms with E-state index in [4.69, 9.17) is 9.47 Å². The van der Waals surface area contributed by atoms with Crippen LogP contribution in [0, 0.1) is 0 Å². The van der Waals surface area contributed by atoms with Crippen molar-refractivity contribution in [1.82, 2.24) is 10.0 Å². The van der Waals surface area contributed by atoms with Gasteiger partial charge in [-0.15, -0.1) is 0 Å². The van der Waals surface area contributed by atoms with E-state index in [0.717, 1.165) is 5.39 Å². The average molecular weight is 465 g/mol. The Kier molecular flexibility index (Phi) is 8.34. The Morgan fingerprint density at radius 2 is 1.66 bits per heavy atom. The second-order valence-corrected chi connectivity index (χ2v) is 9.71. The molecule has 0 radical (unpaired) electrons. The number of hydrogen-bond acceptors (Lipinski definition) is 7. The van der Waals surface area contributed by atoms with E-state index < -0.39 is 52.5 Å². The maximum absolute atomic E-state index is 13.0. The minimum absolute atomic E-state index is 0.0661. The summed E-state index contributed by atoms with van der Waals surface area (Å²) < 4.78 is 38.1. The average Bonchev–Trinajstić information content (AvgIpc) is 2.69. The number of carbonyl (C=O) groups excluding carboxylic acids is 3. The number of hydrogen-bond donors (Lipinski definition) is 2. The van der Waals surface area contributed by atoms with Crippen molar-refractivity contribution >= 4 is 38.6 Å². The monoisotopic (exact) mass is 464 g/mol. The third-order valence-corrected chi connectivity index (χ3v) is 5.62. The maximum atomic E-state index is 13.0. The van der Waals surface area contributed by atoms with Crippen LogP contribution in [0.5, 0.6) is 0 Å². The highest BCUT2D eigenvalue weighted by Gasteiger charge is 2.30. The van der Waals surface area contributed by atoms with Crippen molar-refractivity contribution < 1.29 is 32.3 Å². The van der Waals surface area contributed by atoms with Gasteiger partial charge in [-0.1, -0.05) is 30.3 Å². The van der Waals surface area contributed by atoms with Gasteiger partial charge in [-0.05, 0) is 50.6 Å². The zero-order valence-electron chi connectivity index (χ0n) is 18.5. The molecule has 0 bridgehead atoms. The molecule has 0 aromatic heterocycles. The molecule has 0 unspecified atom stereocenters. The summed E-state index contributed by atoms with van der Waals surface area (Å²) in [4.78, 5) is 36.4.